The van der Waals surface area contributed by atoms with Gasteiger partial charge in [-0.1, -0.05) is 60.1 Å². The number of fused-ring (bicyclic) bond motifs is 3. The molecule has 0 aliphatic carbocycles. The maximum absolute atomic E-state index is 12.9. The van der Waals surface area contributed by atoms with E-state index in [0.717, 1.165) is 27.7 Å². The van der Waals surface area contributed by atoms with Crippen LogP contribution in [-0.2, 0) is 4.79 Å². The molecule has 1 amide bonds. The second-order valence-corrected chi connectivity index (χ2v) is 9.12. The molecular weight excluding hydrogens is 439 g/mol. The molecule has 4 aromatic rings. The molecule has 2 aromatic carbocycles. The molecule has 0 saturated heterocycles. The molecule has 4 rings (SSSR count). The second kappa shape index (κ2) is 8.46. The number of aryl methyl sites for hydroxylation is 2. The minimum absolute atomic E-state index is 0.142. The highest BCUT2D eigenvalue weighted by atomic mass is 35.5. The summed E-state index contributed by atoms with van der Waals surface area (Å²) >= 11 is 13.6. The Morgan fingerprint density at radius 2 is 1.93 bits per heavy atom. The van der Waals surface area contributed by atoms with Crippen LogP contribution in [-0.4, -0.2) is 25.8 Å². The van der Waals surface area contributed by atoms with Gasteiger partial charge in [0.1, 0.15) is 0 Å². The van der Waals surface area contributed by atoms with Gasteiger partial charge in [0.2, 0.25) is 5.91 Å². The molecule has 0 bridgehead atoms. The van der Waals surface area contributed by atoms with Crippen molar-refractivity contribution in [3.8, 4) is 0 Å². The van der Waals surface area contributed by atoms with Gasteiger partial charge in [-0.05, 0) is 55.7 Å². The van der Waals surface area contributed by atoms with Crippen LogP contribution in [0.5, 0.6) is 0 Å². The summed E-state index contributed by atoms with van der Waals surface area (Å²) in [5.74, 6) is -0.142. The monoisotopic (exact) mass is 458 g/mol. The Bertz CT molecular complexity index is 1270. The van der Waals surface area contributed by atoms with E-state index in [2.05, 4.69) is 41.5 Å². The van der Waals surface area contributed by atoms with Gasteiger partial charge in [0, 0.05) is 10.4 Å². The Morgan fingerprint density at radius 3 is 2.67 bits per heavy atom. The van der Waals surface area contributed by atoms with Gasteiger partial charge in [-0.3, -0.25) is 9.20 Å². The van der Waals surface area contributed by atoms with Crippen LogP contribution in [0.4, 0.5) is 5.69 Å². The van der Waals surface area contributed by atoms with Gasteiger partial charge in [0.15, 0.2) is 10.8 Å². The van der Waals surface area contributed by atoms with E-state index in [4.69, 9.17) is 23.2 Å². The molecule has 0 saturated carbocycles. The Hall–Kier alpha value is -2.28. The molecule has 30 heavy (non-hydrogen) atoms. The van der Waals surface area contributed by atoms with Crippen molar-refractivity contribution in [2.75, 3.05) is 5.32 Å². The number of carbonyl (C=O) groups excluding carboxylic acids is 1. The summed E-state index contributed by atoms with van der Waals surface area (Å²) in [5, 5.41) is 14.0. The fourth-order valence-corrected chi connectivity index (χ4v) is 4.88. The predicted molar refractivity (Wildman–Crippen MR) is 125 cm³/mol. The molecule has 0 aliphatic heterocycles. The van der Waals surface area contributed by atoms with E-state index in [1.54, 1.807) is 18.2 Å². The number of nitrogens with one attached hydrogen (secondary N) is 1. The summed E-state index contributed by atoms with van der Waals surface area (Å²) in [6, 6.07) is 13.2. The molecule has 5 nitrogen and oxygen atoms in total. The Labute approximate surface area is 188 Å². The number of hydrogen-bond donors (Lipinski definition) is 1. The molecule has 8 heteroatoms. The molecule has 154 valence electrons. The number of thioether (sulfide) groups is 1. The normalized spacial score (nSPS) is 12.4. The van der Waals surface area contributed by atoms with Gasteiger partial charge in [0.05, 0.1) is 21.5 Å². The average molecular weight is 459 g/mol. The number of rotatable bonds is 5. The van der Waals surface area contributed by atoms with E-state index < -0.39 is 0 Å². The average Bonchev–Trinajstić information content (AvgIpc) is 3.10. The lowest BCUT2D eigenvalue weighted by Gasteiger charge is -2.15. The number of carbonyl (C=O) groups is 1. The van der Waals surface area contributed by atoms with E-state index >= 15 is 0 Å². The van der Waals surface area contributed by atoms with E-state index in [1.165, 1.54) is 11.8 Å². The molecule has 1 atom stereocenters. The zero-order valence-corrected chi connectivity index (χ0v) is 19.1. The summed E-state index contributed by atoms with van der Waals surface area (Å²) < 4.78 is 2.04. The fraction of sp³-hybridized carbons (Fsp3) is 0.227. The number of halogens is 2. The lowest BCUT2D eigenvalue weighted by molar-refractivity contribution is -0.115. The van der Waals surface area contributed by atoms with Crippen LogP contribution in [0.3, 0.4) is 0 Å². The first-order valence-electron chi connectivity index (χ1n) is 9.55. The number of benzene rings is 2. The van der Waals surface area contributed by atoms with Crippen LogP contribution in [0.2, 0.25) is 10.0 Å². The van der Waals surface area contributed by atoms with Crippen LogP contribution >= 0.6 is 35.0 Å². The van der Waals surface area contributed by atoms with Gasteiger partial charge in [-0.15, -0.1) is 10.2 Å². The van der Waals surface area contributed by atoms with Crippen LogP contribution in [0.15, 0.2) is 47.6 Å². The summed E-state index contributed by atoms with van der Waals surface area (Å²) in [7, 11) is 0. The van der Waals surface area contributed by atoms with Gasteiger partial charge < -0.3 is 5.32 Å². The first kappa shape index (κ1) is 21.0. The van der Waals surface area contributed by atoms with Crippen molar-refractivity contribution >= 4 is 63.1 Å². The molecule has 0 spiro atoms. The smallest absolute Gasteiger partial charge is 0.238 e. The van der Waals surface area contributed by atoms with Crippen LogP contribution < -0.4 is 5.32 Å². The molecule has 0 fully saturated rings. The largest absolute Gasteiger partial charge is 0.324 e. The van der Waals surface area contributed by atoms with Crippen molar-refractivity contribution in [1.29, 1.82) is 0 Å². The van der Waals surface area contributed by atoms with Gasteiger partial charge in [-0.2, -0.15) is 0 Å². The third-order valence-electron chi connectivity index (χ3n) is 4.99. The summed E-state index contributed by atoms with van der Waals surface area (Å²) in [6.07, 6.45) is 0.624. The Morgan fingerprint density at radius 1 is 1.13 bits per heavy atom. The zero-order chi connectivity index (χ0) is 21.4. The maximum Gasteiger partial charge on any atom is 0.238 e. The van der Waals surface area contributed by atoms with E-state index in [9.17, 15) is 4.79 Å². The number of nitrogens with zero attached hydrogens (tertiary/aromatic N) is 3. The minimum atomic E-state index is -0.357. The van der Waals surface area contributed by atoms with Crippen molar-refractivity contribution in [1.82, 2.24) is 14.6 Å². The third-order valence-corrected chi connectivity index (χ3v) is 6.84. The van der Waals surface area contributed by atoms with Crippen molar-refractivity contribution in [2.24, 2.45) is 0 Å². The highest BCUT2D eigenvalue weighted by Crippen LogP contribution is 2.32. The Kier molecular flexibility index (Phi) is 5.91. The van der Waals surface area contributed by atoms with Crippen LogP contribution in [0.25, 0.3) is 16.6 Å². The molecule has 0 aliphatic rings. The van der Waals surface area contributed by atoms with Crippen molar-refractivity contribution in [3.63, 3.8) is 0 Å². The summed E-state index contributed by atoms with van der Waals surface area (Å²) in [6.45, 7) is 6.11. The lowest BCUT2D eigenvalue weighted by Crippen LogP contribution is -2.25. The fourth-order valence-electron chi connectivity index (χ4n) is 3.46. The second-order valence-electron chi connectivity index (χ2n) is 7.10. The number of pyridine rings is 1. The Balaban J connectivity index is 1.69. The molecule has 0 radical (unpaired) electrons. The molecule has 2 heterocycles. The first-order valence-corrected chi connectivity index (χ1v) is 11.2. The quantitative estimate of drug-likeness (QED) is 0.355. The predicted octanol–water partition coefficient (Wildman–Crippen LogP) is 6.32. The minimum Gasteiger partial charge on any atom is -0.324 e. The molecule has 1 unspecified atom stereocenters. The number of amides is 1. The molecule has 1 N–H and O–H groups in total. The van der Waals surface area contributed by atoms with Gasteiger partial charge in [-0.25, -0.2) is 0 Å². The topological polar surface area (TPSA) is 59.3 Å². The highest BCUT2D eigenvalue weighted by molar-refractivity contribution is 8.00. The van der Waals surface area contributed by atoms with E-state index in [0.29, 0.717) is 27.3 Å². The first-order chi connectivity index (χ1) is 14.4. The zero-order valence-electron chi connectivity index (χ0n) is 16.7. The molecular formula is C22H20Cl2N4OS. The van der Waals surface area contributed by atoms with Gasteiger partial charge >= 0.3 is 0 Å². The third kappa shape index (κ3) is 3.87. The van der Waals surface area contributed by atoms with Gasteiger partial charge in [0.25, 0.3) is 0 Å². The summed E-state index contributed by atoms with van der Waals surface area (Å²) in [4.78, 5) is 12.9. The SMILES string of the molecule is CCC(Sc1nnc2cc(C)c3cccc(C)c3n12)C(=O)Nc1ccc(Cl)cc1Cl. The summed E-state index contributed by atoms with van der Waals surface area (Å²) in [5.41, 5.74) is 4.65. The van der Waals surface area contributed by atoms with E-state index in [1.807, 2.05) is 23.5 Å². The van der Waals surface area contributed by atoms with Crippen molar-refractivity contribution in [2.45, 2.75) is 37.6 Å². The van der Waals surface area contributed by atoms with E-state index in [-0.39, 0.29) is 11.2 Å². The highest BCUT2D eigenvalue weighted by Gasteiger charge is 2.23. The standard InChI is InChI=1S/C22H20Cl2N4OS/c1-4-18(21(29)25-17-9-8-14(23)11-16(17)24)30-22-27-26-19-10-13(3)15-7-5-6-12(2)20(15)28(19)22/h5-11,18H,4H2,1-3H3,(H,25,29). The number of para-hydroxylation sites is 1. The van der Waals surface area contributed by atoms with Crippen LogP contribution in [0, 0.1) is 13.8 Å². The number of hydrogen-bond acceptors (Lipinski definition) is 4. The number of aromatic nitrogens is 3. The van der Waals surface area contributed by atoms with Crippen LogP contribution in [0.1, 0.15) is 24.5 Å². The molecule has 2 aromatic heterocycles. The van der Waals surface area contributed by atoms with Crippen molar-refractivity contribution < 1.29 is 4.79 Å². The number of anilines is 1. The lowest BCUT2D eigenvalue weighted by atomic mass is 10.1. The van der Waals surface area contributed by atoms with Crippen molar-refractivity contribution in [3.05, 3.63) is 63.6 Å². The maximum atomic E-state index is 12.9.